The number of hydrogen-bond donors (Lipinski definition) is 1. The van der Waals surface area contributed by atoms with E-state index < -0.39 is 15.4 Å². The second-order valence-corrected chi connectivity index (χ2v) is 6.66. The Kier molecular flexibility index (Phi) is 3.92. The molecule has 0 aliphatic heterocycles. The lowest BCUT2D eigenvalue weighted by molar-refractivity contribution is 0.336. The van der Waals surface area contributed by atoms with Crippen LogP contribution in [0, 0.1) is 0 Å². The number of rotatable bonds is 4. The first-order chi connectivity index (χ1) is 8.12. The van der Waals surface area contributed by atoms with Gasteiger partial charge >= 0.3 is 0 Å². The van der Waals surface area contributed by atoms with Crippen molar-refractivity contribution in [2.24, 2.45) is 5.73 Å². The molecule has 6 heteroatoms. The normalized spacial score (nSPS) is 12.3. The monoisotopic (exact) mass is 273 g/mol. The van der Waals surface area contributed by atoms with Gasteiger partial charge in [-0.3, -0.25) is 0 Å². The third-order valence-corrected chi connectivity index (χ3v) is 3.70. The molecule has 1 rings (SSSR count). The molecule has 1 aromatic rings. The van der Waals surface area contributed by atoms with E-state index in [0.29, 0.717) is 11.3 Å². The first-order valence-electron chi connectivity index (χ1n) is 5.37. The molecular weight excluding hydrogens is 254 g/mol. The summed E-state index contributed by atoms with van der Waals surface area (Å²) in [5.41, 5.74) is 6.06. The molecule has 5 nitrogen and oxygen atoms in total. The fraction of sp³-hybridized carbons (Fsp3) is 0.500. The van der Waals surface area contributed by atoms with E-state index in [4.69, 9.17) is 15.2 Å². The zero-order valence-corrected chi connectivity index (χ0v) is 12.1. The van der Waals surface area contributed by atoms with Crippen molar-refractivity contribution in [2.45, 2.75) is 24.3 Å². The molecule has 0 fully saturated rings. The van der Waals surface area contributed by atoms with Crippen LogP contribution in [0.5, 0.6) is 11.5 Å². The van der Waals surface area contributed by atoms with Gasteiger partial charge in [-0.15, -0.1) is 0 Å². The lowest BCUT2D eigenvalue weighted by atomic mass is 9.94. The molecule has 1 aromatic carbocycles. The maximum atomic E-state index is 11.7. The largest absolute Gasteiger partial charge is 0.492 e. The summed E-state index contributed by atoms with van der Waals surface area (Å²) in [5, 5.41) is 0. The third kappa shape index (κ3) is 2.76. The first-order valence-corrected chi connectivity index (χ1v) is 7.26. The Morgan fingerprint density at radius 2 is 1.61 bits per heavy atom. The molecule has 0 atom stereocenters. The second kappa shape index (κ2) is 4.78. The molecule has 0 unspecified atom stereocenters. The van der Waals surface area contributed by atoms with Gasteiger partial charge in [-0.1, -0.05) is 6.07 Å². The molecule has 0 bridgehead atoms. The van der Waals surface area contributed by atoms with Crippen molar-refractivity contribution in [1.82, 2.24) is 0 Å². The Morgan fingerprint density at radius 1 is 1.11 bits per heavy atom. The van der Waals surface area contributed by atoms with Gasteiger partial charge in [0.15, 0.2) is 21.3 Å². The van der Waals surface area contributed by atoms with Crippen LogP contribution in [-0.2, 0) is 15.4 Å². The molecule has 0 amide bonds. The van der Waals surface area contributed by atoms with Gasteiger partial charge in [0.1, 0.15) is 4.90 Å². The van der Waals surface area contributed by atoms with E-state index in [1.807, 2.05) is 13.8 Å². The minimum Gasteiger partial charge on any atom is -0.492 e. The maximum Gasteiger partial charge on any atom is 0.179 e. The summed E-state index contributed by atoms with van der Waals surface area (Å²) in [4.78, 5) is 0.0925. The van der Waals surface area contributed by atoms with E-state index >= 15 is 0 Å². The summed E-state index contributed by atoms with van der Waals surface area (Å²) < 4.78 is 33.8. The Labute approximate surface area is 108 Å². The summed E-state index contributed by atoms with van der Waals surface area (Å²) in [6, 6.07) is 3.14. The molecule has 0 saturated heterocycles. The van der Waals surface area contributed by atoms with E-state index in [2.05, 4.69) is 0 Å². The van der Waals surface area contributed by atoms with Gasteiger partial charge in [-0.05, 0) is 19.9 Å². The summed E-state index contributed by atoms with van der Waals surface area (Å²) >= 11 is 0. The molecule has 0 radical (unpaired) electrons. The van der Waals surface area contributed by atoms with E-state index in [1.54, 1.807) is 6.07 Å². The Balaban J connectivity index is 3.68. The number of methoxy groups -OCH3 is 2. The van der Waals surface area contributed by atoms with Crippen LogP contribution in [0.25, 0.3) is 0 Å². The van der Waals surface area contributed by atoms with Gasteiger partial charge in [-0.25, -0.2) is 8.42 Å². The Morgan fingerprint density at radius 3 is 1.94 bits per heavy atom. The Hall–Kier alpha value is -1.27. The van der Waals surface area contributed by atoms with E-state index in [9.17, 15) is 8.42 Å². The van der Waals surface area contributed by atoms with Crippen LogP contribution in [0.3, 0.4) is 0 Å². The van der Waals surface area contributed by atoms with Gasteiger partial charge in [0.05, 0.1) is 14.2 Å². The number of benzene rings is 1. The SMILES string of the molecule is COc1c(C(C)(C)N)ccc(S(C)(=O)=O)c1OC. The molecule has 0 saturated carbocycles. The molecule has 2 N–H and O–H groups in total. The van der Waals surface area contributed by atoms with Crippen molar-refractivity contribution in [2.75, 3.05) is 20.5 Å². The van der Waals surface area contributed by atoms with E-state index in [1.165, 1.54) is 20.3 Å². The lowest BCUT2D eigenvalue weighted by Gasteiger charge is -2.24. The van der Waals surface area contributed by atoms with Gasteiger partial charge in [0.25, 0.3) is 0 Å². The number of nitrogens with two attached hydrogens (primary N) is 1. The molecule has 0 spiro atoms. The van der Waals surface area contributed by atoms with Crippen molar-refractivity contribution in [3.63, 3.8) is 0 Å². The highest BCUT2D eigenvalue weighted by Gasteiger charge is 2.27. The predicted octanol–water partition coefficient (Wildman–Crippen LogP) is 1.30. The fourth-order valence-electron chi connectivity index (χ4n) is 1.74. The van der Waals surface area contributed by atoms with Crippen LogP contribution in [0.15, 0.2) is 17.0 Å². The van der Waals surface area contributed by atoms with Crippen molar-refractivity contribution in [1.29, 1.82) is 0 Å². The molecular formula is C12H19NO4S. The molecule has 0 aliphatic rings. The highest BCUT2D eigenvalue weighted by Crippen LogP contribution is 2.40. The zero-order valence-electron chi connectivity index (χ0n) is 11.3. The Bertz CT molecular complexity index is 544. The van der Waals surface area contributed by atoms with Gasteiger partial charge in [0, 0.05) is 17.4 Å². The van der Waals surface area contributed by atoms with Crippen LogP contribution in [0.2, 0.25) is 0 Å². The average molecular weight is 273 g/mol. The summed E-state index contributed by atoms with van der Waals surface area (Å²) in [5.74, 6) is 0.545. The zero-order chi connectivity index (χ0) is 14.1. The predicted molar refractivity (Wildman–Crippen MR) is 69.9 cm³/mol. The van der Waals surface area contributed by atoms with Crippen molar-refractivity contribution < 1.29 is 17.9 Å². The molecule has 102 valence electrons. The standard InChI is InChI=1S/C12H19NO4S/c1-12(2,13)8-6-7-9(18(5,14)15)11(17-4)10(8)16-3/h6-7H,13H2,1-5H3. The topological polar surface area (TPSA) is 78.6 Å². The highest BCUT2D eigenvalue weighted by atomic mass is 32.2. The van der Waals surface area contributed by atoms with E-state index in [0.717, 1.165) is 6.26 Å². The van der Waals surface area contributed by atoms with Crippen molar-refractivity contribution in [3.05, 3.63) is 17.7 Å². The van der Waals surface area contributed by atoms with Crippen LogP contribution >= 0.6 is 0 Å². The molecule has 0 aromatic heterocycles. The van der Waals surface area contributed by atoms with Crippen LogP contribution in [0.1, 0.15) is 19.4 Å². The molecule has 0 heterocycles. The quantitative estimate of drug-likeness (QED) is 0.894. The number of sulfone groups is 1. The summed E-state index contributed by atoms with van der Waals surface area (Å²) in [6.45, 7) is 3.62. The van der Waals surface area contributed by atoms with Crippen molar-refractivity contribution >= 4 is 9.84 Å². The summed E-state index contributed by atoms with van der Waals surface area (Å²) in [6.07, 6.45) is 1.12. The van der Waals surface area contributed by atoms with Crippen LogP contribution in [0.4, 0.5) is 0 Å². The minimum absolute atomic E-state index is 0.0925. The molecule has 18 heavy (non-hydrogen) atoms. The van der Waals surface area contributed by atoms with E-state index in [-0.39, 0.29) is 10.6 Å². The van der Waals surface area contributed by atoms with Crippen LogP contribution < -0.4 is 15.2 Å². The lowest BCUT2D eigenvalue weighted by Crippen LogP contribution is -2.29. The summed E-state index contributed by atoms with van der Waals surface area (Å²) in [7, 11) is -0.526. The van der Waals surface area contributed by atoms with Crippen molar-refractivity contribution in [3.8, 4) is 11.5 Å². The third-order valence-electron chi connectivity index (χ3n) is 2.58. The number of hydrogen-bond acceptors (Lipinski definition) is 5. The smallest absolute Gasteiger partial charge is 0.179 e. The van der Waals surface area contributed by atoms with Crippen LogP contribution in [-0.4, -0.2) is 28.9 Å². The molecule has 0 aliphatic carbocycles. The maximum absolute atomic E-state index is 11.7. The number of ether oxygens (including phenoxy) is 2. The highest BCUT2D eigenvalue weighted by molar-refractivity contribution is 7.90. The van der Waals surface area contributed by atoms with Gasteiger partial charge in [-0.2, -0.15) is 0 Å². The van der Waals surface area contributed by atoms with Gasteiger partial charge < -0.3 is 15.2 Å². The second-order valence-electron chi connectivity index (χ2n) is 4.67. The van der Waals surface area contributed by atoms with Gasteiger partial charge in [0.2, 0.25) is 0 Å². The first kappa shape index (κ1) is 14.8. The minimum atomic E-state index is -3.39. The fourth-order valence-corrected chi connectivity index (χ4v) is 2.57. The average Bonchev–Trinajstić information content (AvgIpc) is 2.24.